The number of halogens is 1. The maximum absolute atomic E-state index is 12.3. The molecular formula is C23H30ClNO4. The van der Waals surface area contributed by atoms with Crippen molar-refractivity contribution in [3.63, 3.8) is 0 Å². The number of rotatable bonds is 4. The van der Waals surface area contributed by atoms with Crippen LogP contribution in [0.25, 0.3) is 0 Å². The number of fused-ring (bicyclic) bond motifs is 5. The van der Waals surface area contributed by atoms with Gasteiger partial charge in [0.05, 0.1) is 6.42 Å². The third-order valence-electron chi connectivity index (χ3n) is 8.29. The van der Waals surface area contributed by atoms with E-state index in [0.29, 0.717) is 29.9 Å². The number of nitrogens with one attached hydrogen (secondary N) is 1. The maximum Gasteiger partial charge on any atom is 0.312 e. The molecule has 2 fully saturated rings. The van der Waals surface area contributed by atoms with E-state index in [1.807, 2.05) is 0 Å². The van der Waals surface area contributed by atoms with Gasteiger partial charge >= 0.3 is 5.97 Å². The molecule has 158 valence electrons. The maximum atomic E-state index is 12.3. The van der Waals surface area contributed by atoms with Crippen LogP contribution in [-0.2, 0) is 19.1 Å². The molecule has 5 nitrogen and oxygen atoms in total. The van der Waals surface area contributed by atoms with Gasteiger partial charge < -0.3 is 10.1 Å². The van der Waals surface area contributed by atoms with Gasteiger partial charge in [-0.3, -0.25) is 14.4 Å². The van der Waals surface area contributed by atoms with Crippen molar-refractivity contribution in [2.75, 3.05) is 12.4 Å². The van der Waals surface area contributed by atoms with Crippen molar-refractivity contribution in [2.24, 2.45) is 34.5 Å². The van der Waals surface area contributed by atoms with Crippen LogP contribution in [-0.4, -0.2) is 30.1 Å². The number of hydrogen-bond donors (Lipinski definition) is 1. The van der Waals surface area contributed by atoms with Crippen LogP contribution < -0.4 is 5.32 Å². The number of carbonyl (C=O) groups excluding carboxylic acids is 3. The molecule has 29 heavy (non-hydrogen) atoms. The van der Waals surface area contributed by atoms with Gasteiger partial charge in [0.25, 0.3) is 0 Å². The van der Waals surface area contributed by atoms with Crippen LogP contribution >= 0.6 is 11.6 Å². The first-order valence-electron chi connectivity index (χ1n) is 10.7. The fourth-order valence-electron chi connectivity index (χ4n) is 6.84. The van der Waals surface area contributed by atoms with Crippen LogP contribution in [0.1, 0.15) is 52.9 Å². The van der Waals surface area contributed by atoms with E-state index in [4.69, 9.17) is 16.3 Å². The van der Waals surface area contributed by atoms with Crippen molar-refractivity contribution in [2.45, 2.75) is 52.9 Å². The molecule has 0 saturated heterocycles. The largest absolute Gasteiger partial charge is 0.427 e. The zero-order valence-electron chi connectivity index (χ0n) is 17.4. The average molecular weight is 420 g/mol. The first kappa shape index (κ1) is 20.6. The Hall–Kier alpha value is -1.62. The molecule has 1 heterocycles. The number of alkyl halides is 1. The minimum absolute atomic E-state index is 0.00967. The summed E-state index contributed by atoms with van der Waals surface area (Å²) in [6.07, 6.45) is 7.80. The fraction of sp³-hybridized carbons (Fsp3) is 0.696. The summed E-state index contributed by atoms with van der Waals surface area (Å²) in [5.74, 6) is 1.58. The second-order valence-corrected chi connectivity index (χ2v) is 10.1. The monoisotopic (exact) mass is 419 g/mol. The first-order chi connectivity index (χ1) is 13.7. The molecule has 1 amide bonds. The highest BCUT2D eigenvalue weighted by atomic mass is 35.5. The predicted molar refractivity (Wildman–Crippen MR) is 110 cm³/mol. The molecule has 4 rings (SSSR count). The van der Waals surface area contributed by atoms with Gasteiger partial charge in [-0.15, -0.1) is 11.6 Å². The standard InChI is InChI=1S/C23H30ClNO4/c1-13(26)15-4-5-16-14-10-19(29-21(28)7-9-24)18-11-20(27)25-12-23(18,3)17(14)6-8-22(15,16)2/h10-11,14-17H,4-9,12H2,1-3H3,(H,25,27)/t14-,15+,16-,17-,22+,23+/m0/s1. The number of Topliss-reactive ketones (excluding diaryl/α,β-unsaturated/α-hetero) is 1. The molecule has 0 aromatic carbocycles. The zero-order chi connectivity index (χ0) is 21.0. The van der Waals surface area contributed by atoms with Crippen LogP contribution in [0.5, 0.6) is 0 Å². The third-order valence-corrected chi connectivity index (χ3v) is 8.48. The van der Waals surface area contributed by atoms with Gasteiger partial charge in [-0.2, -0.15) is 0 Å². The molecule has 1 aliphatic heterocycles. The number of ketones is 1. The Labute approximate surface area is 177 Å². The van der Waals surface area contributed by atoms with Crippen LogP contribution in [0.3, 0.4) is 0 Å². The predicted octanol–water partition coefficient (Wildman–Crippen LogP) is 3.77. The summed E-state index contributed by atoms with van der Waals surface area (Å²) in [7, 11) is 0. The van der Waals surface area contributed by atoms with Crippen LogP contribution in [0.15, 0.2) is 23.5 Å². The fourth-order valence-corrected chi connectivity index (χ4v) is 6.99. The van der Waals surface area contributed by atoms with E-state index in [2.05, 4.69) is 25.2 Å². The highest BCUT2D eigenvalue weighted by Crippen LogP contribution is 2.65. The van der Waals surface area contributed by atoms with E-state index in [1.54, 1.807) is 13.0 Å². The van der Waals surface area contributed by atoms with Crippen molar-refractivity contribution in [1.29, 1.82) is 0 Å². The smallest absolute Gasteiger partial charge is 0.312 e. The van der Waals surface area contributed by atoms with Gasteiger partial charge in [-0.25, -0.2) is 0 Å². The molecule has 3 aliphatic carbocycles. The number of carbonyl (C=O) groups is 3. The third kappa shape index (κ3) is 3.17. The lowest BCUT2D eigenvalue weighted by Crippen LogP contribution is -2.54. The molecule has 0 spiro atoms. The summed E-state index contributed by atoms with van der Waals surface area (Å²) >= 11 is 5.72. The summed E-state index contributed by atoms with van der Waals surface area (Å²) in [6.45, 7) is 6.72. The Kier molecular flexibility index (Phi) is 5.17. The van der Waals surface area contributed by atoms with Gasteiger partial charge in [0.15, 0.2) is 0 Å². The molecule has 2 saturated carbocycles. The molecule has 0 aromatic heterocycles. The summed E-state index contributed by atoms with van der Waals surface area (Å²) in [6, 6.07) is 0. The van der Waals surface area contributed by atoms with Crippen molar-refractivity contribution in [3.05, 3.63) is 23.5 Å². The van der Waals surface area contributed by atoms with E-state index in [0.717, 1.165) is 31.3 Å². The topological polar surface area (TPSA) is 72.5 Å². The Balaban J connectivity index is 1.77. The lowest BCUT2D eigenvalue weighted by molar-refractivity contribution is -0.139. The van der Waals surface area contributed by atoms with Gasteiger partial charge in [-0.1, -0.05) is 13.8 Å². The summed E-state index contributed by atoms with van der Waals surface area (Å²) < 4.78 is 5.74. The molecule has 6 heteroatoms. The van der Waals surface area contributed by atoms with Gasteiger partial charge in [0.2, 0.25) is 5.91 Å². The van der Waals surface area contributed by atoms with Gasteiger partial charge in [0.1, 0.15) is 11.5 Å². The minimum atomic E-state index is -0.370. The Morgan fingerprint density at radius 2 is 2.00 bits per heavy atom. The Morgan fingerprint density at radius 3 is 2.69 bits per heavy atom. The van der Waals surface area contributed by atoms with Crippen LogP contribution in [0.4, 0.5) is 0 Å². The second-order valence-electron chi connectivity index (χ2n) is 9.71. The Morgan fingerprint density at radius 1 is 1.24 bits per heavy atom. The Bertz CT molecular complexity index is 818. The molecule has 0 radical (unpaired) electrons. The highest BCUT2D eigenvalue weighted by Gasteiger charge is 2.60. The van der Waals surface area contributed by atoms with Crippen LogP contribution in [0.2, 0.25) is 0 Å². The SMILES string of the molecule is CC(=O)[C@H]1CC[C@H]2[C@@H]3C=C(OC(=O)CCCl)C4=CC(=O)NC[C@]4(C)[C@H]3CC[C@]12C. The lowest BCUT2D eigenvalue weighted by Gasteiger charge is -2.56. The average Bonchev–Trinajstić information content (AvgIpc) is 3.01. The number of ether oxygens (including phenoxy) is 1. The van der Waals surface area contributed by atoms with E-state index in [-0.39, 0.29) is 46.8 Å². The van der Waals surface area contributed by atoms with Crippen molar-refractivity contribution in [3.8, 4) is 0 Å². The highest BCUT2D eigenvalue weighted by molar-refractivity contribution is 6.18. The summed E-state index contributed by atoms with van der Waals surface area (Å²) in [4.78, 5) is 36.7. The summed E-state index contributed by atoms with van der Waals surface area (Å²) in [5.41, 5.74) is 0.541. The molecule has 6 atom stereocenters. The summed E-state index contributed by atoms with van der Waals surface area (Å²) in [5, 5.41) is 2.99. The van der Waals surface area contributed by atoms with E-state index in [1.165, 1.54) is 0 Å². The molecule has 0 bridgehead atoms. The molecule has 0 unspecified atom stereocenters. The molecular weight excluding hydrogens is 390 g/mol. The van der Waals surface area contributed by atoms with Crippen LogP contribution in [0, 0.1) is 34.5 Å². The lowest BCUT2D eigenvalue weighted by atomic mass is 9.49. The first-order valence-corrected chi connectivity index (χ1v) is 11.2. The molecule has 1 N–H and O–H groups in total. The minimum Gasteiger partial charge on any atom is -0.427 e. The van der Waals surface area contributed by atoms with Crippen molar-refractivity contribution >= 4 is 29.3 Å². The van der Waals surface area contributed by atoms with Crippen molar-refractivity contribution in [1.82, 2.24) is 5.32 Å². The van der Waals surface area contributed by atoms with Crippen molar-refractivity contribution < 1.29 is 19.1 Å². The van der Waals surface area contributed by atoms with E-state index in [9.17, 15) is 14.4 Å². The number of esters is 1. The van der Waals surface area contributed by atoms with E-state index < -0.39 is 0 Å². The molecule has 4 aliphatic rings. The second kappa shape index (κ2) is 7.26. The van der Waals surface area contributed by atoms with Gasteiger partial charge in [0, 0.05) is 35.4 Å². The number of allylic oxidation sites excluding steroid dienone is 2. The van der Waals surface area contributed by atoms with E-state index >= 15 is 0 Å². The zero-order valence-corrected chi connectivity index (χ0v) is 18.2. The molecule has 0 aromatic rings. The normalized spacial score (nSPS) is 40.6. The number of hydrogen-bond acceptors (Lipinski definition) is 4. The van der Waals surface area contributed by atoms with Gasteiger partial charge in [-0.05, 0) is 61.9 Å². The number of amides is 1. The quantitative estimate of drug-likeness (QED) is 0.556.